The Morgan fingerprint density at radius 1 is 1.21 bits per heavy atom. The van der Waals surface area contributed by atoms with Gasteiger partial charge in [-0.2, -0.15) is 13.2 Å². The largest absolute Gasteiger partial charge is 0.495 e. The molecule has 3 rings (SSSR count). The zero-order valence-corrected chi connectivity index (χ0v) is 15.6. The number of benzene rings is 2. The van der Waals surface area contributed by atoms with E-state index >= 15 is 0 Å². The van der Waals surface area contributed by atoms with Crippen molar-refractivity contribution in [3.05, 3.63) is 62.9 Å². The summed E-state index contributed by atoms with van der Waals surface area (Å²) >= 11 is 6.20. The lowest BCUT2D eigenvalue weighted by molar-refractivity contribution is -0.137. The third-order valence-corrected chi connectivity index (χ3v) is 4.76. The number of hydrogen-bond donors (Lipinski definition) is 2. The van der Waals surface area contributed by atoms with Crippen molar-refractivity contribution in [1.82, 2.24) is 4.98 Å². The summed E-state index contributed by atoms with van der Waals surface area (Å²) in [6.45, 7) is -0.161. The minimum Gasteiger partial charge on any atom is -0.495 e. The fourth-order valence-corrected chi connectivity index (χ4v) is 3.48. The average molecular weight is 412 g/mol. The molecule has 3 aromatic rings. The molecule has 1 heterocycles. The van der Waals surface area contributed by atoms with Gasteiger partial charge in [-0.05, 0) is 37.1 Å². The van der Waals surface area contributed by atoms with E-state index in [1.54, 1.807) is 18.2 Å². The van der Waals surface area contributed by atoms with Crippen LogP contribution in [0.1, 0.15) is 17.5 Å². The molecule has 0 atom stereocenters. The summed E-state index contributed by atoms with van der Waals surface area (Å²) in [5.41, 5.74) is 0.000344. The van der Waals surface area contributed by atoms with E-state index in [1.165, 1.54) is 13.2 Å². The molecule has 0 fully saturated rings. The van der Waals surface area contributed by atoms with Gasteiger partial charge in [0, 0.05) is 34.2 Å². The smallest absolute Gasteiger partial charge is 0.416 e. The van der Waals surface area contributed by atoms with E-state index in [2.05, 4.69) is 4.98 Å². The van der Waals surface area contributed by atoms with Gasteiger partial charge in [-0.15, -0.1) is 0 Å². The Balaban J connectivity index is 2.45. The highest BCUT2D eigenvalue weighted by molar-refractivity contribution is 6.32. The summed E-state index contributed by atoms with van der Waals surface area (Å²) in [6.07, 6.45) is -4.07. The SMILES string of the molecule is COc1c(Cl)cccc1-c1c(CCCO)c(=O)[nH]c2ccc(C(F)(F)F)cc12. The quantitative estimate of drug-likeness (QED) is 0.634. The number of methoxy groups -OCH3 is 1. The standard InChI is InChI=1S/C20H17ClF3NO3/c1-28-18-12(4-2-6-15(18)21)17-13(5-3-9-26)19(27)25-16-8-7-11(10-14(16)17)20(22,23)24/h2,4,6-8,10,26H,3,5,9H2,1H3,(H,25,27). The van der Waals surface area contributed by atoms with Crippen LogP contribution in [0.3, 0.4) is 0 Å². The number of halogens is 4. The maximum Gasteiger partial charge on any atom is 0.416 e. The number of aliphatic hydroxyl groups excluding tert-OH is 1. The number of ether oxygens (including phenoxy) is 1. The number of aromatic nitrogens is 1. The predicted molar refractivity (Wildman–Crippen MR) is 102 cm³/mol. The van der Waals surface area contributed by atoms with E-state index in [0.717, 1.165) is 12.1 Å². The average Bonchev–Trinajstić information content (AvgIpc) is 2.64. The van der Waals surface area contributed by atoms with E-state index in [1.807, 2.05) is 0 Å². The molecule has 8 heteroatoms. The highest BCUT2D eigenvalue weighted by atomic mass is 35.5. The molecule has 28 heavy (non-hydrogen) atoms. The van der Waals surface area contributed by atoms with E-state index in [4.69, 9.17) is 16.3 Å². The van der Waals surface area contributed by atoms with Gasteiger partial charge in [0.1, 0.15) is 5.75 Å². The van der Waals surface area contributed by atoms with Crippen LogP contribution in [0.2, 0.25) is 5.02 Å². The molecule has 0 aliphatic rings. The van der Waals surface area contributed by atoms with Gasteiger partial charge in [-0.25, -0.2) is 0 Å². The van der Waals surface area contributed by atoms with Crippen molar-refractivity contribution in [1.29, 1.82) is 0 Å². The third kappa shape index (κ3) is 3.72. The second kappa shape index (κ2) is 7.85. The molecule has 0 unspecified atom stereocenters. The van der Waals surface area contributed by atoms with E-state index < -0.39 is 17.3 Å². The number of fused-ring (bicyclic) bond motifs is 1. The first kappa shape index (κ1) is 20.2. The van der Waals surface area contributed by atoms with Crippen LogP contribution in [-0.4, -0.2) is 23.8 Å². The van der Waals surface area contributed by atoms with Crippen LogP contribution >= 0.6 is 11.6 Å². The molecule has 0 radical (unpaired) electrons. The first-order chi connectivity index (χ1) is 13.3. The van der Waals surface area contributed by atoms with Gasteiger partial charge in [0.15, 0.2) is 0 Å². The van der Waals surface area contributed by atoms with Crippen LogP contribution in [0.25, 0.3) is 22.0 Å². The second-order valence-corrected chi connectivity index (χ2v) is 6.62. The van der Waals surface area contributed by atoms with Crippen LogP contribution < -0.4 is 10.3 Å². The van der Waals surface area contributed by atoms with Crippen molar-refractivity contribution in [3.63, 3.8) is 0 Å². The first-order valence-corrected chi connectivity index (χ1v) is 8.85. The maximum atomic E-state index is 13.3. The topological polar surface area (TPSA) is 62.3 Å². The molecule has 0 amide bonds. The van der Waals surface area contributed by atoms with Gasteiger partial charge in [0.05, 0.1) is 17.7 Å². The van der Waals surface area contributed by atoms with Crippen LogP contribution in [0.5, 0.6) is 5.75 Å². The Hall–Kier alpha value is -2.51. The summed E-state index contributed by atoms with van der Waals surface area (Å²) in [5, 5.41) is 9.68. The third-order valence-electron chi connectivity index (χ3n) is 4.47. The molecular formula is C20H17ClF3NO3. The molecule has 0 saturated carbocycles. The predicted octanol–water partition coefficient (Wildman–Crippen LogP) is 4.80. The molecule has 0 spiro atoms. The zero-order valence-electron chi connectivity index (χ0n) is 14.9. The van der Waals surface area contributed by atoms with E-state index in [9.17, 15) is 23.1 Å². The van der Waals surface area contributed by atoms with Gasteiger partial charge in [0.2, 0.25) is 0 Å². The minimum atomic E-state index is -4.54. The van der Waals surface area contributed by atoms with E-state index in [-0.39, 0.29) is 46.7 Å². The fourth-order valence-electron chi connectivity index (χ4n) is 3.23. The van der Waals surface area contributed by atoms with Crippen molar-refractivity contribution in [2.24, 2.45) is 0 Å². The minimum absolute atomic E-state index is 0.161. The highest BCUT2D eigenvalue weighted by Crippen LogP contribution is 2.41. The molecule has 2 aromatic carbocycles. The number of H-pyrrole nitrogens is 1. The molecule has 0 aliphatic carbocycles. The molecule has 0 aliphatic heterocycles. The van der Waals surface area contributed by atoms with Crippen LogP contribution in [0.4, 0.5) is 13.2 Å². The fraction of sp³-hybridized carbons (Fsp3) is 0.250. The van der Waals surface area contributed by atoms with Crippen molar-refractivity contribution < 1.29 is 23.0 Å². The van der Waals surface area contributed by atoms with Crippen molar-refractivity contribution in [2.45, 2.75) is 19.0 Å². The lowest BCUT2D eigenvalue weighted by Gasteiger charge is -2.17. The van der Waals surface area contributed by atoms with Crippen molar-refractivity contribution in [3.8, 4) is 16.9 Å². The summed E-state index contributed by atoms with van der Waals surface area (Å²) in [7, 11) is 1.40. The number of alkyl halides is 3. The summed E-state index contributed by atoms with van der Waals surface area (Å²) in [6, 6.07) is 8.02. The Morgan fingerprint density at radius 2 is 1.96 bits per heavy atom. The number of rotatable bonds is 5. The van der Waals surface area contributed by atoms with Gasteiger partial charge < -0.3 is 14.8 Å². The molecule has 4 nitrogen and oxygen atoms in total. The van der Waals surface area contributed by atoms with Crippen LogP contribution in [0, 0.1) is 0 Å². The first-order valence-electron chi connectivity index (χ1n) is 8.47. The van der Waals surface area contributed by atoms with Gasteiger partial charge in [0.25, 0.3) is 5.56 Å². The zero-order chi connectivity index (χ0) is 20.5. The number of hydrogen-bond acceptors (Lipinski definition) is 3. The van der Waals surface area contributed by atoms with Crippen LogP contribution in [0.15, 0.2) is 41.2 Å². The maximum absolute atomic E-state index is 13.3. The normalized spacial score (nSPS) is 11.8. The van der Waals surface area contributed by atoms with E-state index in [0.29, 0.717) is 11.1 Å². The highest BCUT2D eigenvalue weighted by Gasteiger charge is 2.31. The van der Waals surface area contributed by atoms with Crippen molar-refractivity contribution in [2.75, 3.05) is 13.7 Å². The molecular weight excluding hydrogens is 395 g/mol. The molecule has 148 valence electrons. The number of aliphatic hydroxyl groups is 1. The van der Waals surface area contributed by atoms with Gasteiger partial charge in [-0.1, -0.05) is 23.7 Å². The number of para-hydroxylation sites is 1. The molecule has 1 aromatic heterocycles. The lowest BCUT2D eigenvalue weighted by Crippen LogP contribution is -2.16. The summed E-state index contributed by atoms with van der Waals surface area (Å²) < 4.78 is 45.2. The van der Waals surface area contributed by atoms with Crippen LogP contribution in [-0.2, 0) is 12.6 Å². The molecule has 0 saturated heterocycles. The summed E-state index contributed by atoms with van der Waals surface area (Å²) in [4.78, 5) is 15.3. The van der Waals surface area contributed by atoms with Gasteiger partial charge >= 0.3 is 6.18 Å². The van der Waals surface area contributed by atoms with Crippen molar-refractivity contribution >= 4 is 22.5 Å². The number of pyridine rings is 1. The number of nitrogens with one attached hydrogen (secondary N) is 1. The molecule has 2 N–H and O–H groups in total. The summed E-state index contributed by atoms with van der Waals surface area (Å²) in [5.74, 6) is 0.263. The Kier molecular flexibility index (Phi) is 5.67. The monoisotopic (exact) mass is 411 g/mol. The number of aromatic amines is 1. The second-order valence-electron chi connectivity index (χ2n) is 6.21. The van der Waals surface area contributed by atoms with Gasteiger partial charge in [-0.3, -0.25) is 4.79 Å². The Morgan fingerprint density at radius 3 is 2.61 bits per heavy atom. The Labute approximate surface area is 163 Å². The molecule has 0 bridgehead atoms. The Bertz CT molecular complexity index is 1080. The lowest BCUT2D eigenvalue weighted by atomic mass is 9.92.